The van der Waals surface area contributed by atoms with Crippen molar-refractivity contribution in [2.45, 2.75) is 32.9 Å². The summed E-state index contributed by atoms with van der Waals surface area (Å²) in [6.07, 6.45) is 4.60. The highest BCUT2D eigenvalue weighted by atomic mass is 16.5. The summed E-state index contributed by atoms with van der Waals surface area (Å²) in [5, 5.41) is 3.92. The number of pyridine rings is 1. The van der Waals surface area contributed by atoms with E-state index in [0.717, 1.165) is 39.2 Å². The molecular weight excluding hydrogens is 478 g/mol. The zero-order chi connectivity index (χ0) is 26.5. The third kappa shape index (κ3) is 5.64. The van der Waals surface area contributed by atoms with E-state index in [1.54, 1.807) is 13.3 Å². The largest absolute Gasteiger partial charge is 0.497 e. The van der Waals surface area contributed by atoms with E-state index in [1.807, 2.05) is 79.9 Å². The van der Waals surface area contributed by atoms with Crippen LogP contribution in [0.3, 0.4) is 0 Å². The molecule has 0 radical (unpaired) electrons. The van der Waals surface area contributed by atoms with Gasteiger partial charge in [-0.1, -0.05) is 42.5 Å². The SMILES string of the molecule is COc1ccc(CCc2ncc(-c3ccccc3)n(CC(=O)NCc3cc4cnc(C)cc4[nH]3)c2=O)cc1. The fraction of sp³-hybridized carbons (Fsp3) is 0.200. The minimum atomic E-state index is -0.262. The molecule has 0 unspecified atom stereocenters. The van der Waals surface area contributed by atoms with Crippen LogP contribution < -0.4 is 15.6 Å². The summed E-state index contributed by atoms with van der Waals surface area (Å²) in [4.78, 5) is 38.7. The second-order valence-electron chi connectivity index (χ2n) is 9.18. The first kappa shape index (κ1) is 25.0. The summed E-state index contributed by atoms with van der Waals surface area (Å²) in [6, 6.07) is 21.2. The molecule has 0 aliphatic rings. The number of nitrogens with zero attached hydrogens (tertiary/aromatic N) is 3. The van der Waals surface area contributed by atoms with Crippen molar-refractivity contribution in [3.63, 3.8) is 0 Å². The van der Waals surface area contributed by atoms with Crippen LogP contribution in [0.25, 0.3) is 22.2 Å². The number of carbonyl (C=O) groups excluding carboxylic acids is 1. The summed E-state index contributed by atoms with van der Waals surface area (Å²) < 4.78 is 6.73. The van der Waals surface area contributed by atoms with Crippen molar-refractivity contribution in [3.8, 4) is 17.0 Å². The molecule has 8 heteroatoms. The van der Waals surface area contributed by atoms with E-state index >= 15 is 0 Å². The van der Waals surface area contributed by atoms with Crippen LogP contribution in [0, 0.1) is 6.92 Å². The van der Waals surface area contributed by atoms with Gasteiger partial charge in [-0.3, -0.25) is 24.1 Å². The number of hydrogen-bond donors (Lipinski definition) is 2. The molecule has 0 bridgehead atoms. The Hall–Kier alpha value is -4.72. The Labute approximate surface area is 220 Å². The number of nitrogens with one attached hydrogen (secondary N) is 2. The van der Waals surface area contributed by atoms with Gasteiger partial charge in [0.05, 0.1) is 25.5 Å². The van der Waals surface area contributed by atoms with Gasteiger partial charge in [0.2, 0.25) is 5.91 Å². The number of fused-ring (bicyclic) bond motifs is 1. The second-order valence-corrected chi connectivity index (χ2v) is 9.18. The lowest BCUT2D eigenvalue weighted by molar-refractivity contribution is -0.121. The highest BCUT2D eigenvalue weighted by molar-refractivity contribution is 5.80. The molecule has 3 heterocycles. The van der Waals surface area contributed by atoms with E-state index in [-0.39, 0.29) is 18.0 Å². The number of aromatic nitrogens is 4. The molecule has 0 saturated carbocycles. The van der Waals surface area contributed by atoms with Crippen LogP contribution in [0.4, 0.5) is 0 Å². The Morgan fingerprint density at radius 2 is 1.79 bits per heavy atom. The van der Waals surface area contributed by atoms with Crippen molar-refractivity contribution in [2.75, 3.05) is 7.11 Å². The van der Waals surface area contributed by atoms with E-state index < -0.39 is 0 Å². The second kappa shape index (κ2) is 11.1. The fourth-order valence-corrected chi connectivity index (χ4v) is 4.43. The number of aryl methyl sites for hydroxylation is 3. The summed E-state index contributed by atoms with van der Waals surface area (Å²) in [5.41, 5.74) is 5.42. The first-order chi connectivity index (χ1) is 18.5. The molecule has 0 aliphatic carbocycles. The van der Waals surface area contributed by atoms with Crippen molar-refractivity contribution in [1.82, 2.24) is 24.8 Å². The van der Waals surface area contributed by atoms with Gasteiger partial charge in [0, 0.05) is 28.5 Å². The van der Waals surface area contributed by atoms with Crippen LogP contribution >= 0.6 is 0 Å². The van der Waals surface area contributed by atoms with Crippen LogP contribution in [0.1, 0.15) is 22.6 Å². The molecule has 192 valence electrons. The molecule has 3 aromatic heterocycles. The maximum Gasteiger partial charge on any atom is 0.273 e. The molecule has 0 atom stereocenters. The summed E-state index contributed by atoms with van der Waals surface area (Å²) >= 11 is 0. The van der Waals surface area contributed by atoms with Gasteiger partial charge in [0.25, 0.3) is 5.56 Å². The van der Waals surface area contributed by atoms with Crippen molar-refractivity contribution >= 4 is 16.8 Å². The molecule has 0 fully saturated rings. The van der Waals surface area contributed by atoms with E-state index in [4.69, 9.17) is 4.74 Å². The zero-order valence-electron chi connectivity index (χ0n) is 21.4. The van der Waals surface area contributed by atoms with Crippen molar-refractivity contribution in [2.24, 2.45) is 0 Å². The number of benzene rings is 2. The number of amides is 1. The maximum absolute atomic E-state index is 13.5. The lowest BCUT2D eigenvalue weighted by Crippen LogP contribution is -2.34. The maximum atomic E-state index is 13.5. The Morgan fingerprint density at radius 1 is 1.00 bits per heavy atom. The number of rotatable bonds is 9. The summed E-state index contributed by atoms with van der Waals surface area (Å²) in [7, 11) is 1.63. The zero-order valence-corrected chi connectivity index (χ0v) is 21.4. The van der Waals surface area contributed by atoms with Crippen LogP contribution in [-0.4, -0.2) is 32.5 Å². The first-order valence-corrected chi connectivity index (χ1v) is 12.5. The number of ether oxygens (including phenoxy) is 1. The molecule has 0 spiro atoms. The van der Waals surface area contributed by atoms with Crippen LogP contribution in [0.2, 0.25) is 0 Å². The van der Waals surface area contributed by atoms with Gasteiger partial charge in [-0.25, -0.2) is 0 Å². The smallest absolute Gasteiger partial charge is 0.273 e. The predicted molar refractivity (Wildman–Crippen MR) is 147 cm³/mol. The van der Waals surface area contributed by atoms with Gasteiger partial charge < -0.3 is 15.0 Å². The average Bonchev–Trinajstić information content (AvgIpc) is 3.35. The van der Waals surface area contributed by atoms with Crippen LogP contribution in [0.5, 0.6) is 5.75 Å². The Bertz CT molecular complexity index is 1620. The number of H-pyrrole nitrogens is 1. The standard InChI is InChI=1S/C30H29N5O3/c1-20-14-27-23(16-31-20)15-24(34-27)17-33-29(36)19-35-28(22-6-4-3-5-7-22)18-32-26(30(35)37)13-10-21-8-11-25(38-2)12-9-21/h3-9,11-12,14-16,18,34H,10,13,17,19H2,1-2H3,(H,33,36). The molecule has 5 aromatic rings. The average molecular weight is 508 g/mol. The lowest BCUT2D eigenvalue weighted by Gasteiger charge is -2.14. The van der Waals surface area contributed by atoms with Gasteiger partial charge in [-0.2, -0.15) is 0 Å². The topological polar surface area (TPSA) is 102 Å². The normalized spacial score (nSPS) is 11.0. The molecular formula is C30H29N5O3. The van der Waals surface area contributed by atoms with E-state index in [1.165, 1.54) is 4.57 Å². The lowest BCUT2D eigenvalue weighted by atomic mass is 10.1. The third-order valence-corrected chi connectivity index (χ3v) is 6.48. The van der Waals surface area contributed by atoms with E-state index in [0.29, 0.717) is 30.8 Å². The molecule has 8 nitrogen and oxygen atoms in total. The first-order valence-electron chi connectivity index (χ1n) is 12.5. The number of carbonyl (C=O) groups is 1. The Balaban J connectivity index is 1.35. The van der Waals surface area contributed by atoms with Gasteiger partial charge >= 0.3 is 0 Å². The number of methoxy groups -OCH3 is 1. The molecule has 0 aliphatic heterocycles. The van der Waals surface area contributed by atoms with Crippen LogP contribution in [0.15, 0.2) is 83.9 Å². The third-order valence-electron chi connectivity index (χ3n) is 6.48. The van der Waals surface area contributed by atoms with Gasteiger partial charge in [-0.05, 0) is 55.2 Å². The van der Waals surface area contributed by atoms with E-state index in [2.05, 4.69) is 20.3 Å². The number of aromatic amines is 1. The van der Waals surface area contributed by atoms with E-state index in [9.17, 15) is 9.59 Å². The van der Waals surface area contributed by atoms with Gasteiger partial charge in [0.15, 0.2) is 0 Å². The molecule has 2 aromatic carbocycles. The van der Waals surface area contributed by atoms with Gasteiger partial charge in [0.1, 0.15) is 18.0 Å². The molecule has 5 rings (SSSR count). The Kier molecular flexibility index (Phi) is 7.31. The van der Waals surface area contributed by atoms with Crippen LogP contribution in [-0.2, 0) is 30.7 Å². The van der Waals surface area contributed by atoms with Crippen molar-refractivity contribution in [1.29, 1.82) is 0 Å². The molecule has 1 amide bonds. The fourth-order valence-electron chi connectivity index (χ4n) is 4.43. The summed E-state index contributed by atoms with van der Waals surface area (Å²) in [6.45, 7) is 2.14. The minimum absolute atomic E-state index is 0.109. The van der Waals surface area contributed by atoms with Crippen molar-refractivity contribution in [3.05, 3.63) is 112 Å². The quantitative estimate of drug-likeness (QED) is 0.311. The predicted octanol–water partition coefficient (Wildman–Crippen LogP) is 4.21. The van der Waals surface area contributed by atoms with Gasteiger partial charge in [-0.15, -0.1) is 0 Å². The monoisotopic (exact) mass is 507 g/mol. The molecule has 2 N–H and O–H groups in total. The minimum Gasteiger partial charge on any atom is -0.497 e. The highest BCUT2D eigenvalue weighted by Gasteiger charge is 2.15. The molecule has 38 heavy (non-hydrogen) atoms. The number of hydrogen-bond acceptors (Lipinski definition) is 5. The Morgan fingerprint density at radius 3 is 2.55 bits per heavy atom. The van der Waals surface area contributed by atoms with Crippen molar-refractivity contribution < 1.29 is 9.53 Å². The highest BCUT2D eigenvalue weighted by Crippen LogP contribution is 2.18. The summed E-state index contributed by atoms with van der Waals surface area (Å²) in [5.74, 6) is 0.524. The molecule has 0 saturated heterocycles.